The Morgan fingerprint density at radius 1 is 1.11 bits per heavy atom. The van der Waals surface area contributed by atoms with Gasteiger partial charge in [0.25, 0.3) is 11.6 Å². The fourth-order valence-corrected chi connectivity index (χ4v) is 3.02. The van der Waals surface area contributed by atoms with Gasteiger partial charge >= 0.3 is 0 Å². The number of methoxy groups -OCH3 is 2. The predicted octanol–water partition coefficient (Wildman–Crippen LogP) is 3.38. The summed E-state index contributed by atoms with van der Waals surface area (Å²) in [6.07, 6.45) is 0. The number of nitro benzene ring substituents is 1. The van der Waals surface area contributed by atoms with E-state index in [1.807, 2.05) is 0 Å². The van der Waals surface area contributed by atoms with Crippen molar-refractivity contribution >= 4 is 28.1 Å². The molecule has 0 fully saturated rings. The molecule has 0 radical (unpaired) electrons. The molecular weight excluding hydrogens is 372 g/mol. The summed E-state index contributed by atoms with van der Waals surface area (Å²) < 4.78 is 10.3. The van der Waals surface area contributed by atoms with E-state index in [1.54, 1.807) is 30.3 Å². The summed E-state index contributed by atoms with van der Waals surface area (Å²) in [6, 6.07) is 10.8. The van der Waals surface area contributed by atoms with Gasteiger partial charge in [0.05, 0.1) is 19.1 Å². The van der Waals surface area contributed by atoms with E-state index in [2.05, 4.69) is 15.5 Å². The molecule has 138 valence electrons. The van der Waals surface area contributed by atoms with E-state index >= 15 is 0 Å². The zero-order valence-electron chi connectivity index (χ0n) is 14.3. The van der Waals surface area contributed by atoms with Gasteiger partial charge in [-0.2, -0.15) is 0 Å². The van der Waals surface area contributed by atoms with Crippen LogP contribution >= 0.6 is 11.3 Å². The zero-order chi connectivity index (χ0) is 19.4. The van der Waals surface area contributed by atoms with Gasteiger partial charge in [0.15, 0.2) is 11.5 Å². The monoisotopic (exact) mass is 386 g/mol. The molecule has 0 aliphatic rings. The van der Waals surface area contributed by atoms with Crippen LogP contribution in [0.4, 0.5) is 10.8 Å². The molecule has 0 unspecified atom stereocenters. The number of amides is 1. The molecule has 1 N–H and O–H groups in total. The summed E-state index contributed by atoms with van der Waals surface area (Å²) >= 11 is 1.11. The summed E-state index contributed by atoms with van der Waals surface area (Å²) in [5.74, 6) is 0.551. The van der Waals surface area contributed by atoms with Crippen LogP contribution in [0.15, 0.2) is 42.5 Å². The number of benzene rings is 2. The number of hydrogen-bond donors (Lipinski definition) is 1. The number of carbonyl (C=O) groups excluding carboxylic acids is 1. The van der Waals surface area contributed by atoms with Crippen molar-refractivity contribution in [3.05, 3.63) is 58.1 Å². The maximum absolute atomic E-state index is 12.4. The molecule has 0 spiro atoms. The Labute approximate surface area is 157 Å². The van der Waals surface area contributed by atoms with Crippen molar-refractivity contribution < 1.29 is 19.2 Å². The Hall–Kier alpha value is -3.53. The summed E-state index contributed by atoms with van der Waals surface area (Å²) in [4.78, 5) is 22.8. The molecule has 0 saturated heterocycles. The Bertz CT molecular complexity index is 1000. The number of nitro groups is 1. The fourth-order valence-electron chi connectivity index (χ4n) is 2.29. The van der Waals surface area contributed by atoms with E-state index in [0.717, 1.165) is 11.3 Å². The molecule has 1 aromatic heterocycles. The minimum atomic E-state index is -0.482. The highest BCUT2D eigenvalue weighted by molar-refractivity contribution is 7.18. The summed E-state index contributed by atoms with van der Waals surface area (Å²) in [5.41, 5.74) is 0.867. The van der Waals surface area contributed by atoms with Gasteiger partial charge < -0.3 is 9.47 Å². The third-order valence-corrected chi connectivity index (χ3v) is 4.48. The molecular formula is C17H14N4O5S. The van der Waals surface area contributed by atoms with E-state index in [-0.39, 0.29) is 10.8 Å². The third-order valence-electron chi connectivity index (χ3n) is 3.60. The first-order chi connectivity index (χ1) is 13.0. The quantitative estimate of drug-likeness (QED) is 0.510. The molecule has 3 rings (SSSR count). The van der Waals surface area contributed by atoms with Crippen LogP contribution in [0, 0.1) is 10.1 Å². The lowest BCUT2D eigenvalue weighted by Crippen LogP contribution is -2.11. The average molecular weight is 386 g/mol. The van der Waals surface area contributed by atoms with Crippen LogP contribution in [0.25, 0.3) is 10.6 Å². The number of nitrogens with one attached hydrogen (secondary N) is 1. The average Bonchev–Trinajstić information content (AvgIpc) is 3.15. The number of aromatic nitrogens is 2. The van der Waals surface area contributed by atoms with Crippen molar-refractivity contribution in [2.45, 2.75) is 0 Å². The normalized spacial score (nSPS) is 10.3. The van der Waals surface area contributed by atoms with Crippen LogP contribution in [0.5, 0.6) is 11.5 Å². The van der Waals surface area contributed by atoms with Crippen molar-refractivity contribution in [2.75, 3.05) is 19.5 Å². The number of ether oxygens (including phenoxy) is 2. The van der Waals surface area contributed by atoms with E-state index in [0.29, 0.717) is 27.6 Å². The molecule has 1 amide bonds. The second kappa shape index (κ2) is 7.79. The van der Waals surface area contributed by atoms with Gasteiger partial charge in [-0.15, -0.1) is 10.2 Å². The Kier molecular flexibility index (Phi) is 5.27. The first-order valence-electron chi connectivity index (χ1n) is 7.63. The molecule has 0 bridgehead atoms. The molecule has 10 heteroatoms. The van der Waals surface area contributed by atoms with Crippen molar-refractivity contribution in [1.29, 1.82) is 0 Å². The lowest BCUT2D eigenvalue weighted by molar-refractivity contribution is -0.384. The van der Waals surface area contributed by atoms with Crippen molar-refractivity contribution in [3.8, 4) is 22.1 Å². The van der Waals surface area contributed by atoms with Crippen LogP contribution in [0.1, 0.15) is 10.4 Å². The van der Waals surface area contributed by atoms with E-state index in [1.165, 1.54) is 26.4 Å². The summed E-state index contributed by atoms with van der Waals surface area (Å²) in [6.45, 7) is 0. The predicted molar refractivity (Wildman–Crippen MR) is 99.5 cm³/mol. The first kappa shape index (κ1) is 18.3. The lowest BCUT2D eigenvalue weighted by atomic mass is 10.2. The van der Waals surface area contributed by atoms with Gasteiger partial charge in [-0.1, -0.05) is 23.5 Å². The van der Waals surface area contributed by atoms with Crippen LogP contribution in [-0.2, 0) is 0 Å². The van der Waals surface area contributed by atoms with Gasteiger partial charge in [-0.3, -0.25) is 20.2 Å². The maximum atomic E-state index is 12.4. The number of anilines is 1. The standard InChI is InChI=1S/C17H14N4O5S/c1-25-13-7-6-10(9-14(13)26-2)15(22)18-17-20-19-16(27-17)11-4-3-5-12(8-11)21(23)24/h3-9H,1-2H3,(H,18,20,22). The number of rotatable bonds is 6. The maximum Gasteiger partial charge on any atom is 0.270 e. The number of carbonyl (C=O) groups is 1. The molecule has 3 aromatic rings. The minimum Gasteiger partial charge on any atom is -0.493 e. The van der Waals surface area contributed by atoms with E-state index in [4.69, 9.17) is 9.47 Å². The highest BCUT2D eigenvalue weighted by atomic mass is 32.1. The molecule has 0 aliphatic heterocycles. The molecule has 1 heterocycles. The molecule has 9 nitrogen and oxygen atoms in total. The topological polar surface area (TPSA) is 116 Å². The van der Waals surface area contributed by atoms with Crippen LogP contribution in [0.2, 0.25) is 0 Å². The van der Waals surface area contributed by atoms with Crippen molar-refractivity contribution in [1.82, 2.24) is 10.2 Å². The highest BCUT2D eigenvalue weighted by Gasteiger charge is 2.15. The first-order valence-corrected chi connectivity index (χ1v) is 8.45. The SMILES string of the molecule is COc1ccc(C(=O)Nc2nnc(-c3cccc([N+](=O)[O-])c3)s2)cc1OC. The lowest BCUT2D eigenvalue weighted by Gasteiger charge is -2.08. The zero-order valence-corrected chi connectivity index (χ0v) is 15.1. The highest BCUT2D eigenvalue weighted by Crippen LogP contribution is 2.30. The van der Waals surface area contributed by atoms with Gasteiger partial charge in [0.1, 0.15) is 5.01 Å². The molecule has 27 heavy (non-hydrogen) atoms. The number of nitrogens with zero attached hydrogens (tertiary/aromatic N) is 3. The molecule has 2 aromatic carbocycles. The van der Waals surface area contributed by atoms with Gasteiger partial charge in [-0.25, -0.2) is 0 Å². The largest absolute Gasteiger partial charge is 0.493 e. The number of hydrogen-bond acceptors (Lipinski definition) is 8. The minimum absolute atomic E-state index is 0.0430. The van der Waals surface area contributed by atoms with Gasteiger partial charge in [0.2, 0.25) is 5.13 Å². The van der Waals surface area contributed by atoms with Gasteiger partial charge in [-0.05, 0) is 18.2 Å². The van der Waals surface area contributed by atoms with Crippen molar-refractivity contribution in [2.24, 2.45) is 0 Å². The van der Waals surface area contributed by atoms with E-state index < -0.39 is 10.8 Å². The summed E-state index contributed by atoms with van der Waals surface area (Å²) in [5, 5.41) is 22.2. The van der Waals surface area contributed by atoms with Gasteiger partial charge in [0, 0.05) is 23.3 Å². The molecule has 0 saturated carbocycles. The molecule has 0 atom stereocenters. The van der Waals surface area contributed by atoms with Crippen LogP contribution in [0.3, 0.4) is 0 Å². The Morgan fingerprint density at radius 3 is 2.59 bits per heavy atom. The molecule has 0 aliphatic carbocycles. The second-order valence-electron chi connectivity index (χ2n) is 5.24. The van der Waals surface area contributed by atoms with Crippen molar-refractivity contribution in [3.63, 3.8) is 0 Å². The van der Waals surface area contributed by atoms with Crippen LogP contribution < -0.4 is 14.8 Å². The van der Waals surface area contributed by atoms with E-state index in [9.17, 15) is 14.9 Å². The third kappa shape index (κ3) is 4.01. The Balaban J connectivity index is 1.79. The Morgan fingerprint density at radius 2 is 1.89 bits per heavy atom. The fraction of sp³-hybridized carbons (Fsp3) is 0.118. The van der Waals surface area contributed by atoms with Crippen LogP contribution in [-0.4, -0.2) is 35.2 Å². The smallest absolute Gasteiger partial charge is 0.270 e. The number of non-ortho nitro benzene ring substituents is 1. The second-order valence-corrected chi connectivity index (χ2v) is 6.22. The summed E-state index contributed by atoms with van der Waals surface area (Å²) in [7, 11) is 2.99.